The van der Waals surface area contributed by atoms with E-state index >= 15 is 0 Å². The molecule has 21 heavy (non-hydrogen) atoms. The Bertz CT molecular complexity index is 811. The molecule has 0 aromatic heterocycles. The van der Waals surface area contributed by atoms with Crippen molar-refractivity contribution in [1.29, 1.82) is 0 Å². The van der Waals surface area contributed by atoms with Gasteiger partial charge >= 0.3 is 0 Å². The van der Waals surface area contributed by atoms with Crippen molar-refractivity contribution in [3.05, 3.63) is 62.1 Å². The maximum Gasteiger partial charge on any atom is 0.289 e. The lowest BCUT2D eigenvalue weighted by Gasteiger charge is -2.08. The first-order valence-electron chi connectivity index (χ1n) is 5.52. The van der Waals surface area contributed by atoms with E-state index in [1.54, 1.807) is 24.3 Å². The summed E-state index contributed by atoms with van der Waals surface area (Å²) in [5.41, 5.74) is -0.129. The molecule has 0 radical (unpaired) electrons. The number of sulfonamides is 1. The van der Waals surface area contributed by atoms with Crippen LogP contribution in [0.25, 0.3) is 0 Å². The lowest BCUT2D eigenvalue weighted by molar-refractivity contribution is -0.384. The number of anilines is 1. The number of hydrogen-bond acceptors (Lipinski definition) is 4. The molecule has 0 saturated carbocycles. The molecule has 0 saturated heterocycles. The van der Waals surface area contributed by atoms with E-state index in [1.165, 1.54) is 12.1 Å². The minimum atomic E-state index is -3.94. The molecule has 0 aliphatic rings. The minimum Gasteiger partial charge on any atom is -0.280 e. The van der Waals surface area contributed by atoms with Crippen LogP contribution >= 0.6 is 27.5 Å². The SMILES string of the molecule is O=[N+]([O-])c1cc(S(=O)(=O)Nc2cccc(Br)c2)ccc1Cl. The van der Waals surface area contributed by atoms with Crippen LogP contribution in [-0.2, 0) is 10.0 Å². The topological polar surface area (TPSA) is 89.3 Å². The maximum absolute atomic E-state index is 12.2. The molecule has 1 N–H and O–H groups in total. The first kappa shape index (κ1) is 15.7. The van der Waals surface area contributed by atoms with Gasteiger partial charge in [-0.1, -0.05) is 33.6 Å². The van der Waals surface area contributed by atoms with Gasteiger partial charge in [0.15, 0.2) is 0 Å². The van der Waals surface area contributed by atoms with Crippen molar-refractivity contribution >= 4 is 48.9 Å². The number of nitro groups is 1. The van der Waals surface area contributed by atoms with Crippen molar-refractivity contribution in [3.8, 4) is 0 Å². The van der Waals surface area contributed by atoms with Crippen molar-refractivity contribution in [2.75, 3.05) is 4.72 Å². The lowest BCUT2D eigenvalue weighted by Crippen LogP contribution is -2.13. The smallest absolute Gasteiger partial charge is 0.280 e. The Morgan fingerprint density at radius 1 is 1.19 bits per heavy atom. The van der Waals surface area contributed by atoms with Crippen molar-refractivity contribution in [3.63, 3.8) is 0 Å². The van der Waals surface area contributed by atoms with E-state index in [-0.39, 0.29) is 9.92 Å². The summed E-state index contributed by atoms with van der Waals surface area (Å²) in [6.45, 7) is 0. The summed E-state index contributed by atoms with van der Waals surface area (Å²) >= 11 is 8.88. The Morgan fingerprint density at radius 3 is 2.52 bits per heavy atom. The van der Waals surface area contributed by atoms with Gasteiger partial charge in [0.1, 0.15) is 5.02 Å². The summed E-state index contributed by atoms with van der Waals surface area (Å²) in [5, 5.41) is 10.7. The number of halogens is 2. The molecule has 2 aromatic rings. The molecule has 2 aromatic carbocycles. The summed E-state index contributed by atoms with van der Waals surface area (Å²) < 4.78 is 27.5. The average Bonchev–Trinajstić information content (AvgIpc) is 2.38. The molecule has 0 aliphatic carbocycles. The highest BCUT2D eigenvalue weighted by Crippen LogP contribution is 2.28. The molecule has 0 heterocycles. The van der Waals surface area contributed by atoms with E-state index in [9.17, 15) is 18.5 Å². The number of hydrogen-bond donors (Lipinski definition) is 1. The zero-order valence-electron chi connectivity index (χ0n) is 10.3. The monoisotopic (exact) mass is 390 g/mol. The van der Waals surface area contributed by atoms with Gasteiger partial charge in [-0.05, 0) is 30.3 Å². The molecular formula is C12H8BrClN2O4S. The molecule has 6 nitrogen and oxygen atoms in total. The van der Waals surface area contributed by atoms with E-state index in [4.69, 9.17) is 11.6 Å². The zero-order chi connectivity index (χ0) is 15.6. The van der Waals surface area contributed by atoms with Crippen LogP contribution in [0.1, 0.15) is 0 Å². The Kier molecular flexibility index (Phi) is 4.50. The van der Waals surface area contributed by atoms with Crippen LogP contribution in [0.2, 0.25) is 5.02 Å². The molecule has 2 rings (SSSR count). The third kappa shape index (κ3) is 3.72. The molecular weight excluding hydrogens is 384 g/mol. The fourth-order valence-corrected chi connectivity index (χ4v) is 3.22. The van der Waals surface area contributed by atoms with Crippen LogP contribution < -0.4 is 4.72 Å². The fraction of sp³-hybridized carbons (Fsp3) is 0. The third-order valence-corrected chi connectivity index (χ3v) is 4.69. The van der Waals surface area contributed by atoms with Crippen molar-refractivity contribution in [1.82, 2.24) is 0 Å². The number of benzene rings is 2. The summed E-state index contributed by atoms with van der Waals surface area (Å²) in [7, 11) is -3.94. The van der Waals surface area contributed by atoms with Gasteiger partial charge in [0.2, 0.25) is 0 Å². The van der Waals surface area contributed by atoms with Crippen molar-refractivity contribution < 1.29 is 13.3 Å². The Labute approximate surface area is 134 Å². The molecule has 9 heteroatoms. The van der Waals surface area contributed by atoms with Crippen LogP contribution in [0.4, 0.5) is 11.4 Å². The molecule has 0 amide bonds. The van der Waals surface area contributed by atoms with Gasteiger partial charge in [-0.15, -0.1) is 0 Å². The second-order valence-corrected chi connectivity index (χ2v) is 6.99. The molecule has 0 atom stereocenters. The summed E-state index contributed by atoms with van der Waals surface area (Å²) in [4.78, 5) is 9.83. The molecule has 0 unspecified atom stereocenters. The Hall–Kier alpha value is -1.64. The van der Waals surface area contributed by atoms with E-state index in [0.717, 1.165) is 6.07 Å². The second kappa shape index (κ2) is 6.00. The molecule has 0 fully saturated rings. The number of nitrogens with one attached hydrogen (secondary N) is 1. The van der Waals surface area contributed by atoms with Crippen LogP contribution in [0, 0.1) is 10.1 Å². The number of nitro benzene ring substituents is 1. The number of rotatable bonds is 4. The first-order valence-corrected chi connectivity index (χ1v) is 8.17. The van der Waals surface area contributed by atoms with Gasteiger partial charge in [-0.2, -0.15) is 0 Å². The molecule has 0 bridgehead atoms. The largest absolute Gasteiger partial charge is 0.289 e. The van der Waals surface area contributed by atoms with E-state index in [0.29, 0.717) is 10.2 Å². The van der Waals surface area contributed by atoms with E-state index < -0.39 is 20.6 Å². The van der Waals surface area contributed by atoms with Gasteiger partial charge < -0.3 is 0 Å². The van der Waals surface area contributed by atoms with Gasteiger partial charge in [0.05, 0.1) is 9.82 Å². The highest BCUT2D eigenvalue weighted by molar-refractivity contribution is 9.10. The predicted octanol–water partition coefficient (Wildman–Crippen LogP) is 3.81. The molecule has 0 aliphatic heterocycles. The first-order chi connectivity index (χ1) is 9.79. The van der Waals surface area contributed by atoms with Crippen molar-refractivity contribution in [2.24, 2.45) is 0 Å². The van der Waals surface area contributed by atoms with Crippen LogP contribution in [-0.4, -0.2) is 13.3 Å². The summed E-state index contributed by atoms with van der Waals surface area (Å²) in [6, 6.07) is 9.83. The van der Waals surface area contributed by atoms with Gasteiger partial charge in [0.25, 0.3) is 15.7 Å². The fourth-order valence-electron chi connectivity index (χ4n) is 1.57. The zero-order valence-corrected chi connectivity index (χ0v) is 13.4. The van der Waals surface area contributed by atoms with Crippen LogP contribution in [0.3, 0.4) is 0 Å². The number of nitrogens with zero attached hydrogens (tertiary/aromatic N) is 1. The average molecular weight is 392 g/mol. The Balaban J connectivity index is 2.40. The van der Waals surface area contributed by atoms with E-state index in [2.05, 4.69) is 20.7 Å². The van der Waals surface area contributed by atoms with E-state index in [1.807, 2.05) is 0 Å². The lowest BCUT2D eigenvalue weighted by atomic mass is 10.3. The van der Waals surface area contributed by atoms with Gasteiger partial charge in [-0.3, -0.25) is 14.8 Å². The van der Waals surface area contributed by atoms with Crippen LogP contribution in [0.5, 0.6) is 0 Å². The molecule has 110 valence electrons. The normalized spacial score (nSPS) is 11.1. The summed E-state index contributed by atoms with van der Waals surface area (Å²) in [5.74, 6) is 0. The minimum absolute atomic E-state index is 0.124. The highest BCUT2D eigenvalue weighted by Gasteiger charge is 2.20. The van der Waals surface area contributed by atoms with Gasteiger partial charge in [0, 0.05) is 16.2 Å². The standard InChI is InChI=1S/C12H8BrClN2O4S/c13-8-2-1-3-9(6-8)15-21(19,20)10-4-5-11(14)12(7-10)16(17)18/h1-7,15H. The van der Waals surface area contributed by atoms with Crippen molar-refractivity contribution in [2.45, 2.75) is 4.90 Å². The quantitative estimate of drug-likeness (QED) is 0.634. The Morgan fingerprint density at radius 2 is 1.90 bits per heavy atom. The predicted molar refractivity (Wildman–Crippen MR) is 83.1 cm³/mol. The van der Waals surface area contributed by atoms with Gasteiger partial charge in [-0.25, -0.2) is 8.42 Å². The van der Waals surface area contributed by atoms with Crippen LogP contribution in [0.15, 0.2) is 51.8 Å². The highest BCUT2D eigenvalue weighted by atomic mass is 79.9. The second-order valence-electron chi connectivity index (χ2n) is 3.99. The third-order valence-electron chi connectivity index (χ3n) is 2.50. The summed E-state index contributed by atoms with van der Waals surface area (Å²) in [6.07, 6.45) is 0. The maximum atomic E-state index is 12.2. The molecule has 0 spiro atoms.